The number of methoxy groups -OCH3 is 2. The lowest BCUT2D eigenvalue weighted by Gasteiger charge is -2.29. The SMILES string of the molecule is COc1cc(C(=O)N2CC(c3ccccc3)CC2C(=O)N2CCCC2C#N)cc(OC)c1OCc1ccccc1. The molecule has 40 heavy (non-hydrogen) atoms. The van der Waals surface area contributed by atoms with E-state index in [9.17, 15) is 14.9 Å². The molecule has 3 aromatic rings. The van der Waals surface area contributed by atoms with Gasteiger partial charge in [0, 0.05) is 24.6 Å². The van der Waals surface area contributed by atoms with Gasteiger partial charge in [0.1, 0.15) is 18.7 Å². The third-order valence-corrected chi connectivity index (χ3v) is 7.74. The van der Waals surface area contributed by atoms with E-state index in [4.69, 9.17) is 14.2 Å². The Morgan fingerprint density at radius 2 is 1.60 bits per heavy atom. The fourth-order valence-electron chi connectivity index (χ4n) is 5.66. The highest BCUT2D eigenvalue weighted by Gasteiger charge is 2.44. The Bertz CT molecular complexity index is 1360. The normalized spacial score (nSPS) is 20.2. The molecule has 0 spiro atoms. The van der Waals surface area contributed by atoms with Gasteiger partial charge in [-0.1, -0.05) is 60.7 Å². The summed E-state index contributed by atoms with van der Waals surface area (Å²) < 4.78 is 17.3. The van der Waals surface area contributed by atoms with Crippen molar-refractivity contribution < 1.29 is 23.8 Å². The smallest absolute Gasteiger partial charge is 0.254 e. The lowest BCUT2D eigenvalue weighted by Crippen LogP contribution is -2.49. The van der Waals surface area contributed by atoms with Crippen LogP contribution in [-0.2, 0) is 11.4 Å². The van der Waals surface area contributed by atoms with Crippen molar-refractivity contribution in [3.63, 3.8) is 0 Å². The van der Waals surface area contributed by atoms with Gasteiger partial charge in [-0.2, -0.15) is 5.26 Å². The van der Waals surface area contributed by atoms with Crippen LogP contribution in [0.4, 0.5) is 0 Å². The molecule has 2 amide bonds. The molecule has 0 saturated carbocycles. The number of likely N-dealkylation sites (tertiary alicyclic amines) is 2. The van der Waals surface area contributed by atoms with Gasteiger partial charge in [0.05, 0.1) is 20.3 Å². The number of nitriles is 1. The summed E-state index contributed by atoms with van der Waals surface area (Å²) in [5.41, 5.74) is 2.40. The van der Waals surface area contributed by atoms with Gasteiger partial charge >= 0.3 is 0 Å². The van der Waals surface area contributed by atoms with E-state index in [0.717, 1.165) is 17.5 Å². The first-order valence-electron chi connectivity index (χ1n) is 13.5. The second-order valence-corrected chi connectivity index (χ2v) is 10.1. The highest BCUT2D eigenvalue weighted by molar-refractivity contribution is 5.99. The summed E-state index contributed by atoms with van der Waals surface area (Å²) in [5.74, 6) is 0.664. The van der Waals surface area contributed by atoms with Crippen molar-refractivity contribution in [1.82, 2.24) is 9.80 Å². The lowest BCUT2D eigenvalue weighted by atomic mass is 9.96. The Labute approximate surface area is 234 Å². The molecular formula is C32H33N3O5. The fourth-order valence-corrected chi connectivity index (χ4v) is 5.66. The Morgan fingerprint density at radius 3 is 2.23 bits per heavy atom. The van der Waals surface area contributed by atoms with E-state index < -0.39 is 12.1 Å². The molecule has 0 radical (unpaired) electrons. The molecule has 2 heterocycles. The average Bonchev–Trinajstić information content (AvgIpc) is 3.68. The first kappa shape index (κ1) is 27.1. The molecule has 3 unspecified atom stereocenters. The highest BCUT2D eigenvalue weighted by Crippen LogP contribution is 2.41. The van der Waals surface area contributed by atoms with Crippen LogP contribution < -0.4 is 14.2 Å². The summed E-state index contributed by atoms with van der Waals surface area (Å²) >= 11 is 0. The van der Waals surface area contributed by atoms with Crippen molar-refractivity contribution >= 4 is 11.8 Å². The molecule has 206 valence electrons. The molecule has 2 fully saturated rings. The summed E-state index contributed by atoms with van der Waals surface area (Å²) in [6, 6.07) is 24.1. The molecule has 0 bridgehead atoms. The first-order chi connectivity index (χ1) is 19.5. The van der Waals surface area contributed by atoms with Gasteiger partial charge in [0.2, 0.25) is 11.7 Å². The van der Waals surface area contributed by atoms with Gasteiger partial charge in [-0.25, -0.2) is 0 Å². The molecule has 3 atom stereocenters. The number of carbonyl (C=O) groups is 2. The zero-order chi connectivity index (χ0) is 28.1. The average molecular weight is 540 g/mol. The summed E-state index contributed by atoms with van der Waals surface area (Å²) in [5, 5.41) is 9.60. The van der Waals surface area contributed by atoms with Crippen molar-refractivity contribution in [3.8, 4) is 23.3 Å². The molecule has 2 aliphatic rings. The number of nitrogens with zero attached hydrogens (tertiary/aromatic N) is 3. The predicted molar refractivity (Wildman–Crippen MR) is 149 cm³/mol. The number of hydrogen-bond acceptors (Lipinski definition) is 6. The van der Waals surface area contributed by atoms with Crippen molar-refractivity contribution in [2.75, 3.05) is 27.3 Å². The van der Waals surface area contributed by atoms with Crippen LogP contribution in [0.25, 0.3) is 0 Å². The number of benzene rings is 3. The van der Waals surface area contributed by atoms with Crippen molar-refractivity contribution in [1.29, 1.82) is 5.26 Å². The summed E-state index contributed by atoms with van der Waals surface area (Å²) in [6.07, 6.45) is 1.94. The molecule has 8 nitrogen and oxygen atoms in total. The Hall–Kier alpha value is -4.51. The third kappa shape index (κ3) is 5.46. The number of rotatable bonds is 8. The predicted octanol–water partition coefficient (Wildman–Crippen LogP) is 4.80. The third-order valence-electron chi connectivity index (χ3n) is 7.74. The van der Waals surface area contributed by atoms with E-state index in [0.29, 0.717) is 55.4 Å². The largest absolute Gasteiger partial charge is 0.493 e. The number of carbonyl (C=O) groups excluding carboxylic acids is 2. The summed E-state index contributed by atoms with van der Waals surface area (Å²) in [6.45, 7) is 1.22. The first-order valence-corrected chi connectivity index (χ1v) is 13.5. The van der Waals surface area contributed by atoms with Crippen LogP contribution in [0.2, 0.25) is 0 Å². The zero-order valence-corrected chi connectivity index (χ0v) is 22.8. The van der Waals surface area contributed by atoms with Crippen LogP contribution in [-0.4, -0.2) is 61.0 Å². The van der Waals surface area contributed by atoms with Crippen LogP contribution in [0.5, 0.6) is 17.2 Å². The van der Waals surface area contributed by atoms with Crippen LogP contribution in [0.3, 0.4) is 0 Å². The molecule has 3 aromatic carbocycles. The molecule has 5 rings (SSSR count). The monoisotopic (exact) mass is 539 g/mol. The van der Waals surface area contributed by atoms with Crippen LogP contribution in [0.1, 0.15) is 46.7 Å². The van der Waals surface area contributed by atoms with Gasteiger partial charge in [0.25, 0.3) is 5.91 Å². The Morgan fingerprint density at radius 1 is 0.950 bits per heavy atom. The minimum Gasteiger partial charge on any atom is -0.493 e. The fraction of sp³-hybridized carbons (Fsp3) is 0.344. The molecule has 0 aromatic heterocycles. The van der Waals surface area contributed by atoms with E-state index in [1.807, 2.05) is 60.7 Å². The lowest BCUT2D eigenvalue weighted by molar-refractivity contribution is -0.135. The van der Waals surface area contributed by atoms with Gasteiger partial charge in [-0.3, -0.25) is 9.59 Å². The topological polar surface area (TPSA) is 92.1 Å². The summed E-state index contributed by atoms with van der Waals surface area (Å²) in [7, 11) is 3.03. The second-order valence-electron chi connectivity index (χ2n) is 10.1. The minimum atomic E-state index is -0.669. The van der Waals surface area contributed by atoms with Gasteiger partial charge in [-0.15, -0.1) is 0 Å². The van der Waals surface area contributed by atoms with Crippen LogP contribution in [0.15, 0.2) is 72.8 Å². The van der Waals surface area contributed by atoms with Gasteiger partial charge in [0.15, 0.2) is 11.5 Å². The van der Waals surface area contributed by atoms with E-state index >= 15 is 0 Å². The van der Waals surface area contributed by atoms with Gasteiger partial charge < -0.3 is 24.0 Å². The van der Waals surface area contributed by atoms with Crippen LogP contribution in [0, 0.1) is 11.3 Å². The Kier molecular flexibility index (Phi) is 8.20. The summed E-state index contributed by atoms with van der Waals surface area (Å²) in [4.78, 5) is 31.1. The molecular weight excluding hydrogens is 506 g/mol. The molecule has 2 saturated heterocycles. The van der Waals surface area contributed by atoms with Gasteiger partial charge in [-0.05, 0) is 42.5 Å². The number of ether oxygens (including phenoxy) is 3. The molecule has 2 aliphatic heterocycles. The highest BCUT2D eigenvalue weighted by atomic mass is 16.5. The van der Waals surface area contributed by atoms with Crippen molar-refractivity contribution in [2.24, 2.45) is 0 Å². The van der Waals surface area contributed by atoms with E-state index in [1.165, 1.54) is 14.2 Å². The minimum absolute atomic E-state index is 0.000455. The second kappa shape index (κ2) is 12.1. The molecule has 0 aliphatic carbocycles. The Balaban J connectivity index is 1.45. The molecule has 8 heteroatoms. The molecule has 0 N–H and O–H groups in total. The van der Waals surface area contributed by atoms with E-state index in [2.05, 4.69) is 6.07 Å². The zero-order valence-electron chi connectivity index (χ0n) is 22.8. The number of amides is 2. The maximum Gasteiger partial charge on any atom is 0.254 e. The van der Waals surface area contributed by atoms with Crippen molar-refractivity contribution in [2.45, 2.75) is 43.9 Å². The van der Waals surface area contributed by atoms with E-state index in [1.54, 1.807) is 21.9 Å². The van der Waals surface area contributed by atoms with Crippen LogP contribution >= 0.6 is 0 Å². The number of hydrogen-bond donors (Lipinski definition) is 0. The van der Waals surface area contributed by atoms with E-state index in [-0.39, 0.29) is 17.7 Å². The maximum atomic E-state index is 14.1. The van der Waals surface area contributed by atoms with Crippen molar-refractivity contribution in [3.05, 3.63) is 89.5 Å². The quantitative estimate of drug-likeness (QED) is 0.409. The standard InChI is InChI=1S/C32H33N3O5/c1-38-28-17-24(18-29(39-2)30(28)40-21-22-10-5-3-6-11-22)31(36)35-20-25(23-12-7-4-8-13-23)16-27(35)32(37)34-15-9-14-26(34)19-33/h3-8,10-13,17-18,25-27H,9,14-16,20-21H2,1-2H3. The maximum absolute atomic E-state index is 14.1.